The van der Waals surface area contributed by atoms with E-state index in [0.29, 0.717) is 22.5 Å². The van der Waals surface area contributed by atoms with Gasteiger partial charge in [-0.2, -0.15) is 0 Å². The monoisotopic (exact) mass is 382 g/mol. The average Bonchev–Trinajstić information content (AvgIpc) is 2.66. The van der Waals surface area contributed by atoms with Gasteiger partial charge in [-0.25, -0.2) is 13.1 Å². The van der Waals surface area contributed by atoms with Gasteiger partial charge in [0.25, 0.3) is 0 Å². The number of hydrogen-bond acceptors (Lipinski definition) is 6. The highest BCUT2D eigenvalue weighted by atomic mass is 79.9. The number of sulfonamides is 1. The second-order valence-corrected chi connectivity index (χ2v) is 7.82. The second kappa shape index (κ2) is 5.88. The largest absolute Gasteiger partial charge is 0.439 e. The first-order valence-electron chi connectivity index (χ1n) is 5.26. The third-order valence-corrected chi connectivity index (χ3v) is 5.26. The Balaban J connectivity index is 2.09. The molecule has 2 aromatic heterocycles. The summed E-state index contributed by atoms with van der Waals surface area (Å²) in [5.74, 6) is 0.520. The van der Waals surface area contributed by atoms with Crippen molar-refractivity contribution >= 4 is 65.7 Å². The zero-order valence-corrected chi connectivity index (χ0v) is 13.9. The van der Waals surface area contributed by atoms with Crippen molar-refractivity contribution in [3.8, 4) is 0 Å². The van der Waals surface area contributed by atoms with Gasteiger partial charge < -0.3 is 9.73 Å². The molecule has 0 aliphatic carbocycles. The molecule has 0 saturated carbocycles. The maximum Gasteiger partial charge on any atom is 0.208 e. The van der Waals surface area contributed by atoms with Crippen LogP contribution in [0.4, 0.5) is 5.88 Å². The molecule has 5 nitrogen and oxygen atoms in total. The minimum absolute atomic E-state index is 0.282. The predicted octanol–water partition coefficient (Wildman–Crippen LogP) is 2.95. The summed E-state index contributed by atoms with van der Waals surface area (Å²) in [6, 6.07) is 1.72. The molecule has 0 amide bonds. The van der Waals surface area contributed by atoms with E-state index in [1.54, 1.807) is 6.07 Å². The van der Waals surface area contributed by atoms with Crippen LogP contribution in [0.1, 0.15) is 0 Å². The van der Waals surface area contributed by atoms with Crippen molar-refractivity contribution in [1.82, 2.24) is 4.72 Å². The van der Waals surface area contributed by atoms with Gasteiger partial charge in [0, 0.05) is 24.5 Å². The Hall–Kier alpha value is -0.480. The summed E-state index contributed by atoms with van der Waals surface area (Å²) in [7, 11) is -3.17. The standard InChI is InChI=1S/C10H11BrN2O3S3/c1-19(14,15)13-3-2-12-8-4-7(17)10-9(16-8)6(11)5-18-10/h4-5,12-13H,2-3H2,1H3. The Morgan fingerprint density at radius 2 is 2.21 bits per heavy atom. The van der Waals surface area contributed by atoms with Crippen molar-refractivity contribution < 1.29 is 12.8 Å². The van der Waals surface area contributed by atoms with Crippen LogP contribution in [-0.2, 0) is 10.0 Å². The van der Waals surface area contributed by atoms with Gasteiger partial charge in [-0.15, -0.1) is 11.3 Å². The van der Waals surface area contributed by atoms with E-state index in [2.05, 4.69) is 26.0 Å². The van der Waals surface area contributed by atoms with Gasteiger partial charge in [0.05, 0.1) is 19.9 Å². The molecule has 9 heteroatoms. The van der Waals surface area contributed by atoms with Gasteiger partial charge in [0.1, 0.15) is 0 Å². The number of anilines is 1. The van der Waals surface area contributed by atoms with Crippen LogP contribution >= 0.6 is 39.5 Å². The predicted molar refractivity (Wildman–Crippen MR) is 84.0 cm³/mol. The molecule has 104 valence electrons. The van der Waals surface area contributed by atoms with E-state index in [0.717, 1.165) is 15.4 Å². The Labute approximate surface area is 128 Å². The summed E-state index contributed by atoms with van der Waals surface area (Å²) < 4.78 is 32.3. The lowest BCUT2D eigenvalue weighted by atomic mass is 10.4. The molecular formula is C10H11BrN2O3S3. The van der Waals surface area contributed by atoms with E-state index in [1.165, 1.54) is 11.3 Å². The zero-order valence-electron chi connectivity index (χ0n) is 9.90. The molecule has 0 fully saturated rings. The summed E-state index contributed by atoms with van der Waals surface area (Å²) in [5, 5.41) is 4.91. The van der Waals surface area contributed by atoms with Gasteiger partial charge in [-0.1, -0.05) is 12.2 Å². The first-order valence-corrected chi connectivity index (χ1v) is 9.23. The van der Waals surface area contributed by atoms with Gasteiger partial charge in [0.15, 0.2) is 11.5 Å². The SMILES string of the molecule is CS(=O)(=O)NCCNc1cc(=S)c2scc(Br)c2o1. The van der Waals surface area contributed by atoms with Crippen molar-refractivity contribution in [2.45, 2.75) is 0 Å². The van der Waals surface area contributed by atoms with Crippen LogP contribution in [0.2, 0.25) is 0 Å². The summed E-state index contributed by atoms with van der Waals surface area (Å²) in [6.45, 7) is 0.697. The molecule has 19 heavy (non-hydrogen) atoms. The molecule has 0 aromatic carbocycles. The molecule has 0 spiro atoms. The molecule has 0 aliphatic heterocycles. The highest BCUT2D eigenvalue weighted by Gasteiger charge is 2.08. The van der Waals surface area contributed by atoms with Gasteiger partial charge in [-0.3, -0.25) is 0 Å². The molecule has 0 aliphatic rings. The Morgan fingerprint density at radius 3 is 2.89 bits per heavy atom. The van der Waals surface area contributed by atoms with E-state index >= 15 is 0 Å². The first kappa shape index (κ1) is 14.9. The van der Waals surface area contributed by atoms with E-state index in [1.807, 2.05) is 5.38 Å². The smallest absolute Gasteiger partial charge is 0.208 e. The molecule has 2 rings (SSSR count). The fourth-order valence-corrected chi connectivity index (χ4v) is 3.69. The molecule has 0 unspecified atom stereocenters. The van der Waals surface area contributed by atoms with Crippen molar-refractivity contribution in [2.75, 3.05) is 24.7 Å². The molecule has 0 bridgehead atoms. The maximum absolute atomic E-state index is 10.9. The molecule has 2 N–H and O–H groups in total. The molecule has 2 aromatic rings. The lowest BCUT2D eigenvalue weighted by Gasteiger charge is -2.06. The lowest BCUT2D eigenvalue weighted by molar-refractivity contribution is 0.586. The highest BCUT2D eigenvalue weighted by Crippen LogP contribution is 2.33. The van der Waals surface area contributed by atoms with Crippen LogP contribution in [0.5, 0.6) is 0 Å². The van der Waals surface area contributed by atoms with Crippen molar-refractivity contribution in [3.63, 3.8) is 0 Å². The summed E-state index contributed by atoms with van der Waals surface area (Å²) >= 11 is 10.2. The van der Waals surface area contributed by atoms with Crippen LogP contribution < -0.4 is 10.0 Å². The van der Waals surface area contributed by atoms with E-state index in [9.17, 15) is 8.42 Å². The number of thiophene rings is 1. The van der Waals surface area contributed by atoms with Crippen molar-refractivity contribution in [2.24, 2.45) is 0 Å². The van der Waals surface area contributed by atoms with E-state index in [4.69, 9.17) is 16.6 Å². The Kier molecular flexibility index (Phi) is 4.62. The van der Waals surface area contributed by atoms with Crippen LogP contribution in [-0.4, -0.2) is 27.8 Å². The van der Waals surface area contributed by atoms with Gasteiger partial charge >= 0.3 is 0 Å². The summed E-state index contributed by atoms with van der Waals surface area (Å²) in [4.78, 5) is 0. The molecule has 0 radical (unpaired) electrons. The molecule has 2 heterocycles. The van der Waals surface area contributed by atoms with E-state index < -0.39 is 10.0 Å². The quantitative estimate of drug-likeness (QED) is 0.614. The summed E-state index contributed by atoms with van der Waals surface area (Å²) in [6.07, 6.45) is 1.12. The van der Waals surface area contributed by atoms with Crippen LogP contribution in [0, 0.1) is 4.51 Å². The van der Waals surface area contributed by atoms with Crippen molar-refractivity contribution in [3.05, 3.63) is 20.4 Å². The minimum atomic E-state index is -3.17. The number of halogens is 1. The Morgan fingerprint density at radius 1 is 1.47 bits per heavy atom. The zero-order chi connectivity index (χ0) is 14.0. The Bertz CT molecular complexity index is 751. The minimum Gasteiger partial charge on any atom is -0.439 e. The number of nitrogens with one attached hydrogen (secondary N) is 2. The van der Waals surface area contributed by atoms with Gasteiger partial charge in [-0.05, 0) is 15.9 Å². The lowest BCUT2D eigenvalue weighted by Crippen LogP contribution is -2.27. The third kappa shape index (κ3) is 3.99. The fraction of sp³-hybridized carbons (Fsp3) is 0.300. The third-order valence-electron chi connectivity index (χ3n) is 2.19. The molecule has 0 saturated heterocycles. The summed E-state index contributed by atoms with van der Waals surface area (Å²) in [5.41, 5.74) is 0.705. The van der Waals surface area contributed by atoms with E-state index in [-0.39, 0.29) is 6.54 Å². The molecular weight excluding hydrogens is 372 g/mol. The fourth-order valence-electron chi connectivity index (χ4n) is 1.42. The average molecular weight is 383 g/mol. The van der Waals surface area contributed by atoms with Crippen LogP contribution in [0.3, 0.4) is 0 Å². The van der Waals surface area contributed by atoms with Crippen LogP contribution in [0.25, 0.3) is 10.3 Å². The number of fused-ring (bicyclic) bond motifs is 1. The maximum atomic E-state index is 10.9. The van der Waals surface area contributed by atoms with Crippen LogP contribution in [0.15, 0.2) is 20.3 Å². The highest BCUT2D eigenvalue weighted by molar-refractivity contribution is 9.10. The topological polar surface area (TPSA) is 71.3 Å². The molecule has 0 atom stereocenters. The van der Waals surface area contributed by atoms with Gasteiger partial charge in [0.2, 0.25) is 10.0 Å². The number of rotatable bonds is 5. The number of hydrogen-bond donors (Lipinski definition) is 2. The first-order chi connectivity index (χ1) is 8.87. The normalized spacial score (nSPS) is 11.9. The second-order valence-electron chi connectivity index (χ2n) is 3.81. The van der Waals surface area contributed by atoms with Crippen molar-refractivity contribution in [1.29, 1.82) is 0 Å².